The van der Waals surface area contributed by atoms with Gasteiger partial charge in [-0.15, -0.1) is 11.3 Å². The third-order valence-corrected chi connectivity index (χ3v) is 5.48. The fourth-order valence-electron chi connectivity index (χ4n) is 3.08. The molecule has 3 aromatic rings. The highest BCUT2D eigenvalue weighted by Gasteiger charge is 2.27. The van der Waals surface area contributed by atoms with E-state index in [2.05, 4.69) is 15.2 Å². The first kappa shape index (κ1) is 15.8. The number of carboxylic acid groups (broad SMARTS) is 1. The van der Waals surface area contributed by atoms with Crippen molar-refractivity contribution in [2.24, 2.45) is 0 Å². The Kier molecular flexibility index (Phi) is 3.96. The smallest absolute Gasteiger partial charge is 0.356 e. The van der Waals surface area contributed by atoms with E-state index >= 15 is 0 Å². The van der Waals surface area contributed by atoms with E-state index in [1.807, 2.05) is 24.3 Å². The van der Waals surface area contributed by atoms with Crippen LogP contribution < -0.4 is 0 Å². The number of aromatic amines is 1. The molecule has 1 aliphatic rings. The minimum absolute atomic E-state index is 0.0127. The Hall–Kier alpha value is -2.74. The van der Waals surface area contributed by atoms with Crippen molar-refractivity contribution < 1.29 is 14.7 Å². The Bertz CT molecular complexity index is 929. The van der Waals surface area contributed by atoms with Gasteiger partial charge in [0, 0.05) is 43.6 Å². The minimum atomic E-state index is -1.07. The van der Waals surface area contributed by atoms with Crippen molar-refractivity contribution in [2.45, 2.75) is 25.8 Å². The SMILES string of the molecule is O=C(O)c1n[nH]c2c1CN(C(=O)CCc1nc3ccccc3s1)CC2. The first-order chi connectivity index (χ1) is 12.1. The average Bonchev–Trinajstić information content (AvgIpc) is 3.22. The van der Waals surface area contributed by atoms with E-state index in [4.69, 9.17) is 0 Å². The maximum Gasteiger partial charge on any atom is 0.356 e. The molecule has 1 aromatic carbocycles. The second-order valence-corrected chi connectivity index (χ2v) is 7.09. The highest BCUT2D eigenvalue weighted by Crippen LogP contribution is 2.24. The van der Waals surface area contributed by atoms with Gasteiger partial charge in [-0.25, -0.2) is 9.78 Å². The van der Waals surface area contributed by atoms with Crippen molar-refractivity contribution in [1.29, 1.82) is 0 Å². The third kappa shape index (κ3) is 3.00. The molecule has 0 saturated heterocycles. The molecule has 25 heavy (non-hydrogen) atoms. The Morgan fingerprint density at radius 1 is 1.32 bits per heavy atom. The zero-order valence-electron chi connectivity index (χ0n) is 13.4. The van der Waals surface area contributed by atoms with Gasteiger partial charge in [-0.3, -0.25) is 9.89 Å². The predicted molar refractivity (Wildman–Crippen MR) is 92.6 cm³/mol. The molecule has 0 fully saturated rings. The van der Waals surface area contributed by atoms with Crippen LogP contribution in [-0.4, -0.2) is 43.6 Å². The minimum Gasteiger partial charge on any atom is -0.476 e. The van der Waals surface area contributed by atoms with Gasteiger partial charge < -0.3 is 10.0 Å². The molecule has 0 atom stereocenters. The number of hydrogen-bond acceptors (Lipinski definition) is 5. The summed E-state index contributed by atoms with van der Waals surface area (Å²) in [6.07, 6.45) is 1.57. The molecule has 1 amide bonds. The molecule has 3 heterocycles. The van der Waals surface area contributed by atoms with E-state index in [9.17, 15) is 14.7 Å². The standard InChI is InChI=1S/C17H16N4O3S/c22-15(6-5-14-18-12-3-1-2-4-13(12)25-14)21-8-7-11-10(9-21)16(17(23)24)20-19-11/h1-4H,5-9H2,(H,19,20)(H,23,24). The molecule has 7 nitrogen and oxygen atoms in total. The van der Waals surface area contributed by atoms with Crippen molar-refractivity contribution in [3.63, 3.8) is 0 Å². The number of fused-ring (bicyclic) bond motifs is 2. The van der Waals surface area contributed by atoms with Gasteiger partial charge in [-0.2, -0.15) is 5.10 Å². The molecule has 1 aliphatic heterocycles. The lowest BCUT2D eigenvalue weighted by molar-refractivity contribution is -0.132. The normalized spacial score (nSPS) is 13.8. The number of aromatic carboxylic acids is 1. The highest BCUT2D eigenvalue weighted by atomic mass is 32.1. The Morgan fingerprint density at radius 2 is 2.16 bits per heavy atom. The van der Waals surface area contributed by atoms with Crippen LogP contribution in [0.15, 0.2) is 24.3 Å². The topological polar surface area (TPSA) is 99.2 Å². The fraction of sp³-hybridized carbons (Fsp3) is 0.294. The molecule has 128 valence electrons. The van der Waals surface area contributed by atoms with Gasteiger partial charge in [-0.1, -0.05) is 12.1 Å². The molecule has 0 saturated carbocycles. The molecular formula is C17H16N4O3S. The zero-order chi connectivity index (χ0) is 17.4. The predicted octanol–water partition coefficient (Wildman–Crippen LogP) is 2.24. The highest BCUT2D eigenvalue weighted by molar-refractivity contribution is 7.18. The molecule has 0 radical (unpaired) electrons. The molecule has 2 aromatic heterocycles. The number of carbonyl (C=O) groups is 2. The van der Waals surface area contributed by atoms with Crippen molar-refractivity contribution in [2.75, 3.05) is 6.54 Å². The Balaban J connectivity index is 1.43. The number of nitrogens with one attached hydrogen (secondary N) is 1. The van der Waals surface area contributed by atoms with Crippen molar-refractivity contribution >= 4 is 33.4 Å². The van der Waals surface area contributed by atoms with E-state index < -0.39 is 5.97 Å². The van der Waals surface area contributed by atoms with Crippen molar-refractivity contribution in [3.05, 3.63) is 46.2 Å². The zero-order valence-corrected chi connectivity index (χ0v) is 14.2. The van der Waals surface area contributed by atoms with Gasteiger partial charge in [-0.05, 0) is 12.1 Å². The second-order valence-electron chi connectivity index (χ2n) is 5.98. The Morgan fingerprint density at radius 3 is 2.96 bits per heavy atom. The number of thiazole rings is 1. The summed E-state index contributed by atoms with van der Waals surface area (Å²) < 4.78 is 1.12. The van der Waals surface area contributed by atoms with E-state index in [1.54, 1.807) is 16.2 Å². The molecule has 0 unspecified atom stereocenters. The van der Waals surface area contributed by atoms with Crippen LogP contribution in [0.25, 0.3) is 10.2 Å². The lowest BCUT2D eigenvalue weighted by Gasteiger charge is -2.26. The van der Waals surface area contributed by atoms with Gasteiger partial charge in [0.05, 0.1) is 15.2 Å². The lowest BCUT2D eigenvalue weighted by Crippen LogP contribution is -2.36. The number of nitrogens with zero attached hydrogens (tertiary/aromatic N) is 3. The van der Waals surface area contributed by atoms with Crippen LogP contribution in [0.3, 0.4) is 0 Å². The summed E-state index contributed by atoms with van der Waals surface area (Å²) in [4.78, 5) is 30.0. The first-order valence-corrected chi connectivity index (χ1v) is 8.85. The van der Waals surface area contributed by atoms with Crippen molar-refractivity contribution in [3.8, 4) is 0 Å². The van der Waals surface area contributed by atoms with Crippen LogP contribution in [0.5, 0.6) is 0 Å². The monoisotopic (exact) mass is 356 g/mol. The number of rotatable bonds is 4. The summed E-state index contributed by atoms with van der Waals surface area (Å²) in [5, 5.41) is 16.7. The molecular weight excluding hydrogens is 340 g/mol. The van der Waals surface area contributed by atoms with Crippen LogP contribution in [0, 0.1) is 0 Å². The summed E-state index contributed by atoms with van der Waals surface area (Å²) >= 11 is 1.61. The van der Waals surface area contributed by atoms with Crippen LogP contribution in [0.2, 0.25) is 0 Å². The molecule has 2 N–H and O–H groups in total. The van der Waals surface area contributed by atoms with E-state index in [1.165, 1.54) is 0 Å². The van der Waals surface area contributed by atoms with E-state index in [0.717, 1.165) is 20.9 Å². The summed E-state index contributed by atoms with van der Waals surface area (Å²) in [7, 11) is 0. The number of aromatic nitrogens is 3. The number of benzene rings is 1. The molecule has 4 rings (SSSR count). The maximum atomic E-state index is 12.5. The first-order valence-electron chi connectivity index (χ1n) is 8.03. The van der Waals surface area contributed by atoms with Gasteiger partial charge in [0.2, 0.25) is 5.91 Å². The van der Waals surface area contributed by atoms with Crippen LogP contribution in [-0.2, 0) is 24.2 Å². The summed E-state index contributed by atoms with van der Waals surface area (Å²) in [6.45, 7) is 0.874. The number of amides is 1. The summed E-state index contributed by atoms with van der Waals surface area (Å²) in [5.74, 6) is -1.05. The third-order valence-electron chi connectivity index (χ3n) is 4.38. The Labute approximate surface area is 147 Å². The van der Waals surface area contributed by atoms with Crippen LogP contribution in [0.1, 0.15) is 33.2 Å². The maximum absolute atomic E-state index is 12.5. The van der Waals surface area contributed by atoms with E-state index in [0.29, 0.717) is 37.9 Å². The van der Waals surface area contributed by atoms with E-state index in [-0.39, 0.29) is 11.6 Å². The van der Waals surface area contributed by atoms with Crippen molar-refractivity contribution in [1.82, 2.24) is 20.1 Å². The number of carboxylic acids is 1. The number of hydrogen-bond donors (Lipinski definition) is 2. The molecule has 8 heteroatoms. The average molecular weight is 356 g/mol. The number of carbonyl (C=O) groups excluding carboxylic acids is 1. The molecule has 0 bridgehead atoms. The van der Waals surface area contributed by atoms with Gasteiger partial charge in [0.1, 0.15) is 0 Å². The lowest BCUT2D eigenvalue weighted by atomic mass is 10.0. The second kappa shape index (κ2) is 6.29. The summed E-state index contributed by atoms with van der Waals surface area (Å²) in [6, 6.07) is 7.92. The number of para-hydroxylation sites is 1. The quantitative estimate of drug-likeness (QED) is 0.747. The number of H-pyrrole nitrogens is 1. The number of aryl methyl sites for hydroxylation is 1. The van der Waals surface area contributed by atoms with Crippen LogP contribution >= 0.6 is 11.3 Å². The van der Waals surface area contributed by atoms with Gasteiger partial charge in [0.25, 0.3) is 0 Å². The molecule has 0 spiro atoms. The summed E-state index contributed by atoms with van der Waals surface area (Å²) in [5.41, 5.74) is 2.40. The largest absolute Gasteiger partial charge is 0.476 e. The van der Waals surface area contributed by atoms with Gasteiger partial charge in [0.15, 0.2) is 5.69 Å². The molecule has 0 aliphatic carbocycles. The van der Waals surface area contributed by atoms with Crippen LogP contribution in [0.4, 0.5) is 0 Å². The fourth-order valence-corrected chi connectivity index (χ4v) is 4.05. The van der Waals surface area contributed by atoms with Gasteiger partial charge >= 0.3 is 5.97 Å².